The van der Waals surface area contributed by atoms with Crippen molar-refractivity contribution in [2.45, 2.75) is 25.7 Å². The SMILES string of the molecule is Nc1ccc(NCCCOCCCCOCCCNc2ccc(N)cc2)cc1. The number of hydrogen-bond donors (Lipinski definition) is 4. The standard InChI is InChI=1S/C22H34N4O2/c23-19-5-9-21(10-6-19)25-13-3-17-27-15-1-2-16-28-18-4-14-26-22-11-7-20(24)8-12-22/h5-12,25-26H,1-4,13-18,23-24H2. The summed E-state index contributed by atoms with van der Waals surface area (Å²) in [6, 6.07) is 15.6. The highest BCUT2D eigenvalue weighted by Gasteiger charge is 1.95. The maximum Gasteiger partial charge on any atom is 0.0482 e. The van der Waals surface area contributed by atoms with Crippen molar-refractivity contribution in [2.75, 3.05) is 61.6 Å². The summed E-state index contributed by atoms with van der Waals surface area (Å²) in [5.74, 6) is 0. The van der Waals surface area contributed by atoms with Gasteiger partial charge in [-0.2, -0.15) is 0 Å². The second kappa shape index (κ2) is 13.7. The van der Waals surface area contributed by atoms with E-state index in [-0.39, 0.29) is 0 Å². The van der Waals surface area contributed by atoms with E-state index in [1.165, 1.54) is 0 Å². The fraction of sp³-hybridized carbons (Fsp3) is 0.455. The third kappa shape index (κ3) is 10.0. The van der Waals surface area contributed by atoms with Crippen molar-refractivity contribution in [1.29, 1.82) is 0 Å². The maximum atomic E-state index is 5.66. The molecule has 2 aromatic rings. The highest BCUT2D eigenvalue weighted by atomic mass is 16.5. The molecule has 0 amide bonds. The van der Waals surface area contributed by atoms with Gasteiger partial charge in [-0.05, 0) is 74.2 Å². The summed E-state index contributed by atoms with van der Waals surface area (Å²) in [5.41, 5.74) is 15.1. The molecule has 0 saturated carbocycles. The minimum absolute atomic E-state index is 0.777. The zero-order valence-corrected chi connectivity index (χ0v) is 16.7. The first-order valence-electron chi connectivity index (χ1n) is 10.1. The third-order valence-corrected chi connectivity index (χ3v) is 4.24. The van der Waals surface area contributed by atoms with Gasteiger partial charge in [0.2, 0.25) is 0 Å². The summed E-state index contributed by atoms with van der Waals surface area (Å²) in [5, 5.41) is 6.71. The molecule has 0 fully saturated rings. The molecule has 0 aliphatic carbocycles. The lowest BCUT2D eigenvalue weighted by Crippen LogP contribution is -2.08. The molecule has 0 saturated heterocycles. The highest BCUT2D eigenvalue weighted by Crippen LogP contribution is 2.11. The summed E-state index contributed by atoms with van der Waals surface area (Å²) < 4.78 is 11.3. The second-order valence-electron chi connectivity index (χ2n) is 6.74. The fourth-order valence-electron chi connectivity index (χ4n) is 2.63. The van der Waals surface area contributed by atoms with Crippen LogP contribution in [0.3, 0.4) is 0 Å². The molecule has 0 heterocycles. The minimum Gasteiger partial charge on any atom is -0.399 e. The molecule has 6 N–H and O–H groups in total. The van der Waals surface area contributed by atoms with Crippen LogP contribution in [0, 0.1) is 0 Å². The van der Waals surface area contributed by atoms with E-state index < -0.39 is 0 Å². The predicted octanol–water partition coefficient (Wildman–Crippen LogP) is 3.97. The Morgan fingerprint density at radius 1 is 0.536 bits per heavy atom. The van der Waals surface area contributed by atoms with Gasteiger partial charge >= 0.3 is 0 Å². The Morgan fingerprint density at radius 2 is 0.893 bits per heavy atom. The number of unbranched alkanes of at least 4 members (excludes halogenated alkanes) is 1. The van der Waals surface area contributed by atoms with Crippen LogP contribution >= 0.6 is 0 Å². The van der Waals surface area contributed by atoms with Crippen molar-refractivity contribution in [1.82, 2.24) is 0 Å². The summed E-state index contributed by atoms with van der Waals surface area (Å²) in [4.78, 5) is 0. The predicted molar refractivity (Wildman–Crippen MR) is 119 cm³/mol. The van der Waals surface area contributed by atoms with Crippen LogP contribution in [0.25, 0.3) is 0 Å². The lowest BCUT2D eigenvalue weighted by Gasteiger charge is -2.08. The van der Waals surface area contributed by atoms with Crippen LogP contribution in [0.4, 0.5) is 22.7 Å². The Kier molecular flexibility index (Phi) is 10.7. The van der Waals surface area contributed by atoms with Crippen LogP contribution in [-0.4, -0.2) is 39.5 Å². The van der Waals surface area contributed by atoms with E-state index in [4.69, 9.17) is 20.9 Å². The van der Waals surface area contributed by atoms with E-state index in [1.54, 1.807) is 0 Å². The van der Waals surface area contributed by atoms with Gasteiger partial charge in [-0.25, -0.2) is 0 Å². The van der Waals surface area contributed by atoms with Crippen molar-refractivity contribution in [2.24, 2.45) is 0 Å². The maximum absolute atomic E-state index is 5.66. The van der Waals surface area contributed by atoms with Crippen LogP contribution in [0.5, 0.6) is 0 Å². The molecule has 154 valence electrons. The number of anilines is 4. The number of nitrogens with one attached hydrogen (secondary N) is 2. The molecule has 0 aliphatic rings. The van der Waals surface area contributed by atoms with Gasteiger partial charge in [0.05, 0.1) is 0 Å². The molecular weight excluding hydrogens is 352 g/mol. The Labute approximate surface area is 168 Å². The van der Waals surface area contributed by atoms with E-state index >= 15 is 0 Å². The molecular formula is C22H34N4O2. The monoisotopic (exact) mass is 386 g/mol. The number of ether oxygens (including phenoxy) is 2. The first-order valence-corrected chi connectivity index (χ1v) is 10.1. The molecule has 0 spiro atoms. The van der Waals surface area contributed by atoms with Crippen LogP contribution in [0.15, 0.2) is 48.5 Å². The molecule has 0 unspecified atom stereocenters. The Morgan fingerprint density at radius 3 is 1.29 bits per heavy atom. The Hall–Kier alpha value is -2.44. The molecule has 0 aromatic heterocycles. The van der Waals surface area contributed by atoms with Crippen LogP contribution in [0.1, 0.15) is 25.7 Å². The van der Waals surface area contributed by atoms with E-state index in [2.05, 4.69) is 10.6 Å². The van der Waals surface area contributed by atoms with Crippen molar-refractivity contribution >= 4 is 22.7 Å². The normalized spacial score (nSPS) is 10.7. The first-order chi connectivity index (χ1) is 13.7. The van der Waals surface area contributed by atoms with Gasteiger partial charge < -0.3 is 31.6 Å². The van der Waals surface area contributed by atoms with Gasteiger partial charge in [-0.1, -0.05) is 0 Å². The Bertz CT molecular complexity index is 574. The molecule has 28 heavy (non-hydrogen) atoms. The second-order valence-corrected chi connectivity index (χ2v) is 6.74. The number of rotatable bonds is 15. The first kappa shape index (κ1) is 21.9. The van der Waals surface area contributed by atoms with E-state index in [0.29, 0.717) is 0 Å². The smallest absolute Gasteiger partial charge is 0.0482 e. The molecule has 2 rings (SSSR count). The molecule has 0 aliphatic heterocycles. The van der Waals surface area contributed by atoms with Gasteiger partial charge in [0.15, 0.2) is 0 Å². The summed E-state index contributed by atoms with van der Waals surface area (Å²) >= 11 is 0. The van der Waals surface area contributed by atoms with E-state index in [1.807, 2.05) is 48.5 Å². The topological polar surface area (TPSA) is 94.6 Å². The molecule has 2 aromatic carbocycles. The molecule has 0 atom stereocenters. The fourth-order valence-corrected chi connectivity index (χ4v) is 2.63. The van der Waals surface area contributed by atoms with Crippen LogP contribution < -0.4 is 22.1 Å². The zero-order valence-electron chi connectivity index (χ0n) is 16.7. The summed E-state index contributed by atoms with van der Waals surface area (Å²) in [7, 11) is 0. The molecule has 0 bridgehead atoms. The quantitative estimate of drug-likeness (QED) is 0.273. The summed E-state index contributed by atoms with van der Waals surface area (Å²) in [6.07, 6.45) is 4.05. The third-order valence-electron chi connectivity index (χ3n) is 4.24. The van der Waals surface area contributed by atoms with Gasteiger partial charge in [-0.3, -0.25) is 0 Å². The number of hydrogen-bond acceptors (Lipinski definition) is 6. The highest BCUT2D eigenvalue weighted by molar-refractivity contribution is 5.51. The van der Waals surface area contributed by atoms with Gasteiger partial charge in [0.25, 0.3) is 0 Å². The van der Waals surface area contributed by atoms with Crippen molar-refractivity contribution in [3.8, 4) is 0 Å². The minimum atomic E-state index is 0.777. The zero-order chi connectivity index (χ0) is 19.9. The van der Waals surface area contributed by atoms with Crippen LogP contribution in [0.2, 0.25) is 0 Å². The van der Waals surface area contributed by atoms with Gasteiger partial charge in [-0.15, -0.1) is 0 Å². The average molecular weight is 387 g/mol. The van der Waals surface area contributed by atoms with Crippen LogP contribution in [-0.2, 0) is 9.47 Å². The molecule has 6 nitrogen and oxygen atoms in total. The Balaban J connectivity index is 1.30. The largest absolute Gasteiger partial charge is 0.399 e. The van der Waals surface area contributed by atoms with E-state index in [9.17, 15) is 0 Å². The van der Waals surface area contributed by atoms with Gasteiger partial charge in [0, 0.05) is 62.3 Å². The van der Waals surface area contributed by atoms with E-state index in [0.717, 1.165) is 87.9 Å². The lowest BCUT2D eigenvalue weighted by atomic mass is 10.3. The van der Waals surface area contributed by atoms with Crippen molar-refractivity contribution < 1.29 is 9.47 Å². The number of benzene rings is 2. The van der Waals surface area contributed by atoms with Gasteiger partial charge in [0.1, 0.15) is 0 Å². The lowest BCUT2D eigenvalue weighted by molar-refractivity contribution is 0.102. The number of nitrogen functional groups attached to an aromatic ring is 2. The molecule has 0 radical (unpaired) electrons. The number of nitrogens with two attached hydrogens (primary N) is 2. The molecule has 6 heteroatoms. The van der Waals surface area contributed by atoms with Crippen molar-refractivity contribution in [3.63, 3.8) is 0 Å². The average Bonchev–Trinajstić information content (AvgIpc) is 2.71. The van der Waals surface area contributed by atoms with Crippen molar-refractivity contribution in [3.05, 3.63) is 48.5 Å². The summed E-state index contributed by atoms with van der Waals surface area (Å²) in [6.45, 7) is 4.95.